The maximum absolute atomic E-state index is 12.8. The highest BCUT2D eigenvalue weighted by Crippen LogP contribution is 2.44. The van der Waals surface area contributed by atoms with Crippen LogP contribution in [0.5, 0.6) is 0 Å². The molecule has 0 radical (unpaired) electrons. The number of allylic oxidation sites excluding steroid dienone is 1. The van der Waals surface area contributed by atoms with Crippen LogP contribution in [0.15, 0.2) is 60.2 Å². The quantitative estimate of drug-likeness (QED) is 0.475. The molecule has 1 aliphatic rings. The molecule has 3 rings (SSSR count). The van der Waals surface area contributed by atoms with Crippen molar-refractivity contribution in [3.63, 3.8) is 0 Å². The van der Waals surface area contributed by atoms with Crippen molar-refractivity contribution in [1.82, 2.24) is 10.6 Å². The van der Waals surface area contributed by atoms with Gasteiger partial charge in [-0.25, -0.2) is 9.59 Å². The normalized spacial score (nSPS) is 13.9. The SMILES string of the molecule is CC(C)=CCC(NC(=O)[C@@H](NC(=O)OCC1c2ccccc2-c2ccccc21)C(C)C)C(=O)O. The standard InChI is InChI=1S/C27H32N2O5/c1-16(2)13-14-23(26(31)32)28-25(30)24(17(3)4)29-27(33)34-15-22-20-11-7-5-9-18(20)19-10-6-8-12-21(19)22/h5-13,17,22-24H,14-15H2,1-4H3,(H,28,30)(H,29,33)(H,31,32)/t23?,24-/m0/s1. The molecule has 0 bridgehead atoms. The van der Waals surface area contributed by atoms with Crippen molar-refractivity contribution >= 4 is 18.0 Å². The Kier molecular flexibility index (Phi) is 8.10. The summed E-state index contributed by atoms with van der Waals surface area (Å²) in [7, 11) is 0. The first-order chi connectivity index (χ1) is 16.2. The number of amides is 2. The van der Waals surface area contributed by atoms with Crippen LogP contribution in [0.4, 0.5) is 4.79 Å². The van der Waals surface area contributed by atoms with E-state index in [1.54, 1.807) is 19.9 Å². The van der Waals surface area contributed by atoms with Crippen LogP contribution in [-0.4, -0.2) is 41.8 Å². The van der Waals surface area contributed by atoms with E-state index in [1.807, 2.05) is 50.2 Å². The van der Waals surface area contributed by atoms with Gasteiger partial charge < -0.3 is 20.5 Å². The van der Waals surface area contributed by atoms with E-state index in [2.05, 4.69) is 22.8 Å². The minimum atomic E-state index is -1.13. The number of rotatable bonds is 9. The highest BCUT2D eigenvalue weighted by atomic mass is 16.5. The average Bonchev–Trinajstić information content (AvgIpc) is 3.12. The molecule has 1 aliphatic carbocycles. The van der Waals surface area contributed by atoms with E-state index < -0.39 is 30.1 Å². The molecule has 34 heavy (non-hydrogen) atoms. The number of alkyl carbamates (subject to hydrolysis) is 1. The Morgan fingerprint density at radius 3 is 2.03 bits per heavy atom. The van der Waals surface area contributed by atoms with Crippen LogP contribution in [0.1, 0.15) is 51.2 Å². The van der Waals surface area contributed by atoms with Crippen molar-refractivity contribution in [2.75, 3.05) is 6.61 Å². The second kappa shape index (κ2) is 11.0. The van der Waals surface area contributed by atoms with Gasteiger partial charge in [0.2, 0.25) is 5.91 Å². The van der Waals surface area contributed by atoms with E-state index in [0.717, 1.165) is 27.8 Å². The zero-order chi connectivity index (χ0) is 24.8. The lowest BCUT2D eigenvalue weighted by Crippen LogP contribution is -2.53. The minimum Gasteiger partial charge on any atom is -0.480 e. The van der Waals surface area contributed by atoms with Gasteiger partial charge in [-0.05, 0) is 48.4 Å². The molecule has 7 heteroatoms. The van der Waals surface area contributed by atoms with Crippen molar-refractivity contribution < 1.29 is 24.2 Å². The van der Waals surface area contributed by atoms with E-state index in [1.165, 1.54) is 0 Å². The first kappa shape index (κ1) is 25.0. The van der Waals surface area contributed by atoms with Crippen LogP contribution in [0.3, 0.4) is 0 Å². The third-order valence-corrected chi connectivity index (χ3v) is 5.94. The van der Waals surface area contributed by atoms with Crippen LogP contribution >= 0.6 is 0 Å². The fourth-order valence-corrected chi connectivity index (χ4v) is 4.14. The smallest absolute Gasteiger partial charge is 0.407 e. The number of carboxylic acids is 1. The number of carboxylic acid groups (broad SMARTS) is 1. The number of hydrogen-bond acceptors (Lipinski definition) is 4. The topological polar surface area (TPSA) is 105 Å². The van der Waals surface area contributed by atoms with Crippen LogP contribution in [-0.2, 0) is 14.3 Å². The van der Waals surface area contributed by atoms with Crippen LogP contribution < -0.4 is 10.6 Å². The second-order valence-electron chi connectivity index (χ2n) is 9.11. The Morgan fingerprint density at radius 1 is 0.971 bits per heavy atom. The second-order valence-corrected chi connectivity index (χ2v) is 9.11. The van der Waals surface area contributed by atoms with Gasteiger partial charge >= 0.3 is 12.1 Å². The number of fused-ring (bicyclic) bond motifs is 3. The molecule has 0 saturated heterocycles. The van der Waals surface area contributed by atoms with Gasteiger partial charge in [-0.2, -0.15) is 0 Å². The summed E-state index contributed by atoms with van der Waals surface area (Å²) in [5.74, 6) is -2.05. The monoisotopic (exact) mass is 464 g/mol. The lowest BCUT2D eigenvalue weighted by molar-refractivity contribution is -0.142. The van der Waals surface area contributed by atoms with Gasteiger partial charge in [-0.1, -0.05) is 74.0 Å². The van der Waals surface area contributed by atoms with E-state index >= 15 is 0 Å². The molecule has 3 N–H and O–H groups in total. The first-order valence-corrected chi connectivity index (χ1v) is 11.5. The number of carbonyl (C=O) groups excluding carboxylic acids is 2. The number of aliphatic carboxylic acids is 1. The molecule has 2 aromatic carbocycles. The van der Waals surface area contributed by atoms with Crippen molar-refractivity contribution in [2.45, 2.75) is 52.1 Å². The van der Waals surface area contributed by atoms with E-state index in [9.17, 15) is 19.5 Å². The predicted molar refractivity (Wildman–Crippen MR) is 130 cm³/mol. The number of nitrogens with one attached hydrogen (secondary N) is 2. The minimum absolute atomic E-state index is 0.0926. The molecule has 7 nitrogen and oxygen atoms in total. The van der Waals surface area contributed by atoms with Crippen molar-refractivity contribution in [3.05, 3.63) is 71.3 Å². The van der Waals surface area contributed by atoms with Gasteiger partial charge in [0.25, 0.3) is 0 Å². The molecule has 0 aliphatic heterocycles. The molecular weight excluding hydrogens is 432 g/mol. The zero-order valence-corrected chi connectivity index (χ0v) is 20.0. The molecular formula is C27H32N2O5. The Morgan fingerprint density at radius 2 is 1.53 bits per heavy atom. The van der Waals surface area contributed by atoms with Gasteiger partial charge in [0.1, 0.15) is 18.7 Å². The van der Waals surface area contributed by atoms with Gasteiger partial charge in [-0.15, -0.1) is 0 Å². The molecule has 0 spiro atoms. The molecule has 2 atom stereocenters. The number of hydrogen-bond donors (Lipinski definition) is 3. The molecule has 2 aromatic rings. The zero-order valence-electron chi connectivity index (χ0n) is 20.0. The molecule has 2 amide bonds. The number of benzene rings is 2. The van der Waals surface area contributed by atoms with Gasteiger partial charge in [-0.3, -0.25) is 4.79 Å². The average molecular weight is 465 g/mol. The molecule has 0 aromatic heterocycles. The van der Waals surface area contributed by atoms with Crippen molar-refractivity contribution in [1.29, 1.82) is 0 Å². The van der Waals surface area contributed by atoms with Crippen molar-refractivity contribution in [3.8, 4) is 11.1 Å². The Labute approximate surface area is 200 Å². The number of carbonyl (C=O) groups is 3. The third kappa shape index (κ3) is 5.84. The summed E-state index contributed by atoms with van der Waals surface area (Å²) in [6.07, 6.45) is 1.20. The van der Waals surface area contributed by atoms with Crippen molar-refractivity contribution in [2.24, 2.45) is 5.92 Å². The fraction of sp³-hybridized carbons (Fsp3) is 0.370. The van der Waals surface area contributed by atoms with E-state index in [4.69, 9.17) is 4.74 Å². The third-order valence-electron chi connectivity index (χ3n) is 5.94. The first-order valence-electron chi connectivity index (χ1n) is 11.5. The molecule has 180 valence electrons. The van der Waals surface area contributed by atoms with E-state index in [-0.39, 0.29) is 24.9 Å². The van der Waals surface area contributed by atoms with Gasteiger partial charge in [0, 0.05) is 5.92 Å². The lowest BCUT2D eigenvalue weighted by atomic mass is 9.98. The molecule has 1 unspecified atom stereocenters. The predicted octanol–water partition coefficient (Wildman–Crippen LogP) is 4.48. The summed E-state index contributed by atoms with van der Waals surface area (Å²) >= 11 is 0. The highest BCUT2D eigenvalue weighted by molar-refractivity contribution is 5.89. The summed E-state index contributed by atoms with van der Waals surface area (Å²) in [5, 5.41) is 14.6. The van der Waals surface area contributed by atoms with Gasteiger partial charge in [0.05, 0.1) is 0 Å². The summed E-state index contributed by atoms with van der Waals surface area (Å²) < 4.78 is 5.55. The maximum atomic E-state index is 12.8. The Hall–Kier alpha value is -3.61. The van der Waals surface area contributed by atoms with Gasteiger partial charge in [0.15, 0.2) is 0 Å². The lowest BCUT2D eigenvalue weighted by Gasteiger charge is -2.24. The Bertz CT molecular complexity index is 1040. The highest BCUT2D eigenvalue weighted by Gasteiger charge is 2.31. The molecule has 0 saturated carbocycles. The van der Waals surface area contributed by atoms with Crippen LogP contribution in [0, 0.1) is 5.92 Å². The fourth-order valence-electron chi connectivity index (χ4n) is 4.14. The summed E-state index contributed by atoms with van der Waals surface area (Å²) in [5.41, 5.74) is 5.40. The van der Waals surface area contributed by atoms with Crippen LogP contribution in [0.2, 0.25) is 0 Å². The Balaban J connectivity index is 1.65. The van der Waals surface area contributed by atoms with E-state index in [0.29, 0.717) is 0 Å². The summed E-state index contributed by atoms with van der Waals surface area (Å²) in [6, 6.07) is 14.1. The largest absolute Gasteiger partial charge is 0.480 e. The molecule has 0 heterocycles. The summed E-state index contributed by atoms with van der Waals surface area (Å²) in [4.78, 5) is 37.0. The maximum Gasteiger partial charge on any atom is 0.407 e. The van der Waals surface area contributed by atoms with Crippen LogP contribution in [0.25, 0.3) is 11.1 Å². The number of ether oxygens (including phenoxy) is 1. The summed E-state index contributed by atoms with van der Waals surface area (Å²) in [6.45, 7) is 7.40. The molecule has 0 fully saturated rings.